The SMILES string of the molecule is O=C1C[C@]2(CCN(c3cnccn3)C2)CN1c1ccc2c(c1)OCO2. The molecule has 1 atom stereocenters. The fourth-order valence-corrected chi connectivity index (χ4v) is 4.04. The molecule has 3 aliphatic rings. The molecule has 1 spiro atoms. The first-order valence-corrected chi connectivity index (χ1v) is 8.44. The van der Waals surface area contributed by atoms with Crippen molar-refractivity contribution in [2.75, 3.05) is 36.2 Å². The predicted molar refractivity (Wildman–Crippen MR) is 90.8 cm³/mol. The maximum atomic E-state index is 12.7. The molecule has 2 aromatic rings. The molecule has 3 aliphatic heterocycles. The summed E-state index contributed by atoms with van der Waals surface area (Å²) in [5.41, 5.74) is 0.856. The Hall–Kier alpha value is -2.83. The maximum Gasteiger partial charge on any atom is 0.231 e. The summed E-state index contributed by atoms with van der Waals surface area (Å²) in [6, 6.07) is 5.70. The molecule has 0 N–H and O–H groups in total. The molecule has 0 radical (unpaired) electrons. The summed E-state index contributed by atoms with van der Waals surface area (Å²) in [5, 5.41) is 0. The van der Waals surface area contributed by atoms with Gasteiger partial charge in [-0.1, -0.05) is 0 Å². The van der Waals surface area contributed by atoms with Crippen molar-refractivity contribution in [3.8, 4) is 11.5 Å². The van der Waals surface area contributed by atoms with Crippen LogP contribution in [0.3, 0.4) is 0 Å². The number of rotatable bonds is 2. The zero-order chi connectivity index (χ0) is 16.9. The van der Waals surface area contributed by atoms with E-state index in [1.807, 2.05) is 23.1 Å². The van der Waals surface area contributed by atoms with Gasteiger partial charge in [0.25, 0.3) is 0 Å². The summed E-state index contributed by atoms with van der Waals surface area (Å²) < 4.78 is 10.8. The molecule has 1 amide bonds. The van der Waals surface area contributed by atoms with Crippen LogP contribution in [0, 0.1) is 5.41 Å². The molecule has 5 rings (SSSR count). The van der Waals surface area contributed by atoms with Gasteiger partial charge < -0.3 is 19.3 Å². The highest BCUT2D eigenvalue weighted by molar-refractivity contribution is 5.97. The second-order valence-electron chi connectivity index (χ2n) is 6.93. The van der Waals surface area contributed by atoms with E-state index in [4.69, 9.17) is 9.47 Å². The third-order valence-electron chi connectivity index (χ3n) is 5.30. The summed E-state index contributed by atoms with van der Waals surface area (Å²) in [6.07, 6.45) is 6.72. The van der Waals surface area contributed by atoms with Gasteiger partial charge in [0.05, 0.1) is 6.20 Å². The van der Waals surface area contributed by atoms with Crippen LogP contribution in [0.4, 0.5) is 11.5 Å². The van der Waals surface area contributed by atoms with E-state index in [9.17, 15) is 4.79 Å². The van der Waals surface area contributed by atoms with Crippen molar-refractivity contribution in [1.82, 2.24) is 9.97 Å². The molecule has 7 nitrogen and oxygen atoms in total. The Morgan fingerprint density at radius 1 is 1.12 bits per heavy atom. The van der Waals surface area contributed by atoms with Crippen LogP contribution in [0.5, 0.6) is 11.5 Å². The lowest BCUT2D eigenvalue weighted by Gasteiger charge is -2.24. The molecule has 0 saturated carbocycles. The van der Waals surface area contributed by atoms with Gasteiger partial charge in [0.2, 0.25) is 12.7 Å². The van der Waals surface area contributed by atoms with E-state index < -0.39 is 0 Å². The van der Waals surface area contributed by atoms with Crippen molar-refractivity contribution in [3.63, 3.8) is 0 Å². The van der Waals surface area contributed by atoms with E-state index in [1.54, 1.807) is 18.6 Å². The number of carbonyl (C=O) groups excluding carboxylic acids is 1. The zero-order valence-corrected chi connectivity index (χ0v) is 13.7. The second-order valence-corrected chi connectivity index (χ2v) is 6.93. The van der Waals surface area contributed by atoms with Crippen LogP contribution < -0.4 is 19.3 Å². The first-order valence-electron chi connectivity index (χ1n) is 8.44. The Kier molecular flexibility index (Phi) is 3.10. The first-order chi connectivity index (χ1) is 12.2. The standard InChI is InChI=1S/C18H18N4O3/c23-17-8-18(3-6-21(10-18)16-9-19-4-5-20-16)11-22(17)13-1-2-14-15(7-13)25-12-24-14/h1-2,4-5,7,9H,3,6,8,10-12H2/t18-/m0/s1. The van der Waals surface area contributed by atoms with Crippen LogP contribution >= 0.6 is 0 Å². The molecular weight excluding hydrogens is 320 g/mol. The zero-order valence-electron chi connectivity index (χ0n) is 13.7. The summed E-state index contributed by atoms with van der Waals surface area (Å²) in [5.74, 6) is 2.49. The van der Waals surface area contributed by atoms with Crippen LogP contribution in [0.1, 0.15) is 12.8 Å². The number of hydrogen-bond acceptors (Lipinski definition) is 6. The maximum absolute atomic E-state index is 12.7. The van der Waals surface area contributed by atoms with E-state index in [0.717, 1.165) is 43.3 Å². The van der Waals surface area contributed by atoms with Crippen molar-refractivity contribution < 1.29 is 14.3 Å². The molecule has 4 heterocycles. The van der Waals surface area contributed by atoms with E-state index in [1.165, 1.54) is 0 Å². The van der Waals surface area contributed by atoms with Gasteiger partial charge in [-0.2, -0.15) is 0 Å². The molecule has 2 fully saturated rings. The lowest BCUT2D eigenvalue weighted by molar-refractivity contribution is -0.117. The number of fused-ring (bicyclic) bond motifs is 1. The first kappa shape index (κ1) is 14.5. The number of benzene rings is 1. The second kappa shape index (κ2) is 5.34. The predicted octanol–water partition coefficient (Wildman–Crippen LogP) is 1.84. The monoisotopic (exact) mass is 338 g/mol. The molecular formula is C18H18N4O3. The van der Waals surface area contributed by atoms with Gasteiger partial charge >= 0.3 is 0 Å². The average molecular weight is 338 g/mol. The van der Waals surface area contributed by atoms with Gasteiger partial charge in [0.15, 0.2) is 11.5 Å². The Morgan fingerprint density at radius 2 is 2.04 bits per heavy atom. The van der Waals surface area contributed by atoms with Crippen LogP contribution in [0.15, 0.2) is 36.8 Å². The lowest BCUT2D eigenvalue weighted by Crippen LogP contribution is -2.31. The molecule has 2 saturated heterocycles. The fourth-order valence-electron chi connectivity index (χ4n) is 4.04. The molecule has 1 aromatic carbocycles. The minimum Gasteiger partial charge on any atom is -0.454 e. The van der Waals surface area contributed by atoms with E-state index in [2.05, 4.69) is 14.9 Å². The average Bonchev–Trinajstić information content (AvgIpc) is 3.34. The van der Waals surface area contributed by atoms with Crippen molar-refractivity contribution in [1.29, 1.82) is 0 Å². The summed E-state index contributed by atoms with van der Waals surface area (Å²) >= 11 is 0. The van der Waals surface area contributed by atoms with Crippen LogP contribution in [-0.2, 0) is 4.79 Å². The Bertz CT molecular complexity index is 828. The number of anilines is 2. The normalized spacial score (nSPS) is 24.6. The number of hydrogen-bond donors (Lipinski definition) is 0. The minimum atomic E-state index is -0.0228. The summed E-state index contributed by atoms with van der Waals surface area (Å²) in [7, 11) is 0. The molecule has 1 aromatic heterocycles. The molecule has 7 heteroatoms. The topological polar surface area (TPSA) is 67.8 Å². The van der Waals surface area contributed by atoms with Crippen molar-refractivity contribution in [3.05, 3.63) is 36.8 Å². The van der Waals surface area contributed by atoms with Crippen molar-refractivity contribution in [2.45, 2.75) is 12.8 Å². The number of nitrogens with zero attached hydrogens (tertiary/aromatic N) is 4. The minimum absolute atomic E-state index is 0.0228. The van der Waals surface area contributed by atoms with E-state index >= 15 is 0 Å². The molecule has 25 heavy (non-hydrogen) atoms. The quantitative estimate of drug-likeness (QED) is 0.832. The highest BCUT2D eigenvalue weighted by Crippen LogP contribution is 2.44. The van der Waals surface area contributed by atoms with Crippen molar-refractivity contribution >= 4 is 17.4 Å². The van der Waals surface area contributed by atoms with Gasteiger partial charge in [0.1, 0.15) is 5.82 Å². The number of carbonyl (C=O) groups is 1. The summed E-state index contributed by atoms with van der Waals surface area (Å²) in [6.45, 7) is 2.70. The number of amides is 1. The van der Waals surface area contributed by atoms with Crippen LogP contribution in [-0.4, -0.2) is 42.3 Å². The van der Waals surface area contributed by atoms with Gasteiger partial charge in [-0.3, -0.25) is 9.78 Å². The highest BCUT2D eigenvalue weighted by atomic mass is 16.7. The Morgan fingerprint density at radius 3 is 2.92 bits per heavy atom. The number of aromatic nitrogens is 2. The van der Waals surface area contributed by atoms with Gasteiger partial charge in [-0.25, -0.2) is 4.98 Å². The van der Waals surface area contributed by atoms with Gasteiger partial charge in [-0.15, -0.1) is 0 Å². The van der Waals surface area contributed by atoms with Gasteiger partial charge in [0, 0.05) is 55.6 Å². The van der Waals surface area contributed by atoms with E-state index in [0.29, 0.717) is 12.2 Å². The van der Waals surface area contributed by atoms with Crippen LogP contribution in [0.25, 0.3) is 0 Å². The fraction of sp³-hybridized carbons (Fsp3) is 0.389. The molecule has 128 valence electrons. The Balaban J connectivity index is 1.37. The largest absolute Gasteiger partial charge is 0.454 e. The number of ether oxygens (including phenoxy) is 2. The smallest absolute Gasteiger partial charge is 0.231 e. The molecule has 0 bridgehead atoms. The van der Waals surface area contributed by atoms with Crippen LogP contribution in [0.2, 0.25) is 0 Å². The lowest BCUT2D eigenvalue weighted by atomic mass is 9.86. The third kappa shape index (κ3) is 2.38. The third-order valence-corrected chi connectivity index (χ3v) is 5.30. The van der Waals surface area contributed by atoms with Gasteiger partial charge in [-0.05, 0) is 18.6 Å². The highest BCUT2D eigenvalue weighted by Gasteiger charge is 2.48. The summed E-state index contributed by atoms with van der Waals surface area (Å²) in [4.78, 5) is 25.3. The molecule has 0 aliphatic carbocycles. The van der Waals surface area contributed by atoms with Crippen molar-refractivity contribution in [2.24, 2.45) is 5.41 Å². The Labute approximate surface area is 145 Å². The molecule has 0 unspecified atom stereocenters. The van der Waals surface area contributed by atoms with E-state index in [-0.39, 0.29) is 18.1 Å².